The van der Waals surface area contributed by atoms with E-state index in [4.69, 9.17) is 9.47 Å². The summed E-state index contributed by atoms with van der Waals surface area (Å²) in [6, 6.07) is 14.1. The number of benzene rings is 1. The summed E-state index contributed by atoms with van der Waals surface area (Å²) in [5.41, 5.74) is 3.01. The Bertz CT molecular complexity index is 794. The van der Waals surface area contributed by atoms with Gasteiger partial charge in [-0.05, 0) is 62.3 Å². The molecule has 0 amide bonds. The lowest BCUT2D eigenvalue weighted by atomic mass is 10.2. The van der Waals surface area contributed by atoms with E-state index in [9.17, 15) is 4.79 Å². The lowest BCUT2D eigenvalue weighted by Gasteiger charge is -2.23. The van der Waals surface area contributed by atoms with Crippen molar-refractivity contribution in [3.05, 3.63) is 71.8 Å². The molecule has 0 bridgehead atoms. The third-order valence-corrected chi connectivity index (χ3v) is 8.09. The number of rotatable bonds is 10. The lowest BCUT2D eigenvalue weighted by Crippen LogP contribution is -2.20. The molecule has 0 radical (unpaired) electrons. The molecule has 1 aliphatic heterocycles. The molecule has 1 fully saturated rings. The van der Waals surface area contributed by atoms with Crippen LogP contribution in [0, 0.1) is 13.8 Å². The second-order valence-electron chi connectivity index (χ2n) is 7.45. The molecular weight excluding hydrogens is 414 g/mol. The average Bonchev–Trinajstić information content (AvgIpc) is 3.11. The molecule has 1 aliphatic rings. The summed E-state index contributed by atoms with van der Waals surface area (Å²) < 4.78 is 14.2. The van der Waals surface area contributed by atoms with E-state index in [0.29, 0.717) is 17.8 Å². The molecule has 1 unspecified atom stereocenters. The van der Waals surface area contributed by atoms with Crippen molar-refractivity contribution in [1.29, 1.82) is 0 Å². The standard InChI is InChI=1S/C24H31NO3S2/c1-19-9-10-20(2)25(19)23(26)13-14-28-22(11-12-24-29-15-6-16-30-24)18-27-17-21-7-4-3-5-8-21/h3-5,7-10,13-14,22,24H,6,11-12,15-18H2,1-2H3/b14-13+. The normalized spacial score (nSPS) is 16.1. The zero-order valence-corrected chi connectivity index (χ0v) is 19.4. The van der Waals surface area contributed by atoms with Gasteiger partial charge in [-0.15, -0.1) is 23.5 Å². The Hall–Kier alpha value is -1.63. The summed E-state index contributed by atoms with van der Waals surface area (Å²) >= 11 is 4.09. The van der Waals surface area contributed by atoms with Crippen LogP contribution in [-0.2, 0) is 16.1 Å². The molecule has 0 N–H and O–H groups in total. The quantitative estimate of drug-likeness (QED) is 0.339. The van der Waals surface area contributed by atoms with Gasteiger partial charge in [0.05, 0.1) is 24.1 Å². The zero-order valence-electron chi connectivity index (χ0n) is 17.8. The Balaban J connectivity index is 1.52. The Kier molecular flexibility index (Phi) is 9.43. The number of nitrogens with zero attached hydrogens (tertiary/aromatic N) is 1. The minimum absolute atomic E-state index is 0.0623. The molecule has 1 aromatic carbocycles. The van der Waals surface area contributed by atoms with Gasteiger partial charge in [0.15, 0.2) is 0 Å². The first kappa shape index (κ1) is 23.0. The summed E-state index contributed by atoms with van der Waals surface area (Å²) in [6.07, 6.45) is 6.29. The van der Waals surface area contributed by atoms with Crippen LogP contribution in [0.15, 0.2) is 54.8 Å². The molecule has 1 aromatic heterocycles. The predicted molar refractivity (Wildman–Crippen MR) is 127 cm³/mol. The zero-order chi connectivity index (χ0) is 21.2. The van der Waals surface area contributed by atoms with Crippen LogP contribution in [0.5, 0.6) is 0 Å². The van der Waals surface area contributed by atoms with Crippen LogP contribution in [0.4, 0.5) is 0 Å². The number of carbonyl (C=O) groups excluding carboxylic acids is 1. The lowest BCUT2D eigenvalue weighted by molar-refractivity contribution is 0.0151. The molecule has 0 spiro atoms. The number of carbonyl (C=O) groups is 1. The highest BCUT2D eigenvalue weighted by Gasteiger charge is 2.18. The smallest absolute Gasteiger partial charge is 0.258 e. The summed E-state index contributed by atoms with van der Waals surface area (Å²) in [7, 11) is 0. The molecule has 0 saturated carbocycles. The topological polar surface area (TPSA) is 40.5 Å². The van der Waals surface area contributed by atoms with Crippen LogP contribution in [0.25, 0.3) is 0 Å². The van der Waals surface area contributed by atoms with Gasteiger partial charge in [0.25, 0.3) is 5.91 Å². The Morgan fingerprint density at radius 1 is 1.13 bits per heavy atom. The molecule has 0 aliphatic carbocycles. The molecule has 4 nitrogen and oxygen atoms in total. The average molecular weight is 446 g/mol. The maximum atomic E-state index is 12.5. The molecule has 2 heterocycles. The molecular formula is C24H31NO3S2. The number of aromatic nitrogens is 1. The van der Waals surface area contributed by atoms with E-state index in [0.717, 1.165) is 29.8 Å². The van der Waals surface area contributed by atoms with E-state index in [1.807, 2.05) is 67.7 Å². The van der Waals surface area contributed by atoms with Gasteiger partial charge in [0, 0.05) is 17.5 Å². The van der Waals surface area contributed by atoms with Crippen molar-refractivity contribution in [3.63, 3.8) is 0 Å². The van der Waals surface area contributed by atoms with Crippen LogP contribution in [0.2, 0.25) is 0 Å². The number of aryl methyl sites for hydroxylation is 2. The third-order valence-electron chi connectivity index (χ3n) is 5.01. The highest BCUT2D eigenvalue weighted by Crippen LogP contribution is 2.34. The first-order valence-corrected chi connectivity index (χ1v) is 12.6. The van der Waals surface area contributed by atoms with Crippen molar-refractivity contribution < 1.29 is 14.3 Å². The van der Waals surface area contributed by atoms with Crippen molar-refractivity contribution in [3.8, 4) is 0 Å². The number of thioether (sulfide) groups is 2. The van der Waals surface area contributed by atoms with Gasteiger partial charge in [-0.25, -0.2) is 0 Å². The molecule has 162 valence electrons. The molecule has 2 aromatic rings. The van der Waals surface area contributed by atoms with E-state index >= 15 is 0 Å². The first-order chi connectivity index (χ1) is 14.6. The monoisotopic (exact) mass is 445 g/mol. The van der Waals surface area contributed by atoms with E-state index in [1.165, 1.54) is 24.0 Å². The van der Waals surface area contributed by atoms with Crippen LogP contribution in [0.3, 0.4) is 0 Å². The fourth-order valence-corrected chi connectivity index (χ4v) is 6.30. The van der Waals surface area contributed by atoms with Crippen molar-refractivity contribution >= 4 is 29.4 Å². The highest BCUT2D eigenvalue weighted by molar-refractivity contribution is 8.17. The SMILES string of the molecule is Cc1ccc(C)n1C(=O)/C=C/OC(CCC1SCCCS1)COCc1ccccc1. The fourth-order valence-electron chi connectivity index (χ4n) is 3.40. The molecule has 6 heteroatoms. The molecule has 3 rings (SSSR count). The van der Waals surface area contributed by atoms with E-state index < -0.39 is 0 Å². The van der Waals surface area contributed by atoms with Gasteiger partial charge in [0.2, 0.25) is 0 Å². The molecule has 1 saturated heterocycles. The van der Waals surface area contributed by atoms with Crippen LogP contribution in [-0.4, -0.2) is 39.3 Å². The fraction of sp³-hybridized carbons (Fsp3) is 0.458. The van der Waals surface area contributed by atoms with Crippen LogP contribution in [0.1, 0.15) is 41.0 Å². The Labute approximate surface area is 188 Å². The number of hydrogen-bond acceptors (Lipinski definition) is 5. The summed E-state index contributed by atoms with van der Waals surface area (Å²) in [6.45, 7) is 4.94. The maximum absolute atomic E-state index is 12.5. The summed E-state index contributed by atoms with van der Waals surface area (Å²) in [4.78, 5) is 12.5. The third kappa shape index (κ3) is 7.25. The van der Waals surface area contributed by atoms with Gasteiger partial charge in [-0.1, -0.05) is 30.3 Å². The second kappa shape index (κ2) is 12.3. The predicted octanol–water partition coefficient (Wildman–Crippen LogP) is 5.84. The number of hydrogen-bond donors (Lipinski definition) is 0. The van der Waals surface area contributed by atoms with Crippen molar-refractivity contribution in [2.75, 3.05) is 18.1 Å². The second-order valence-corrected chi connectivity index (χ2v) is 10.4. The number of allylic oxidation sites excluding steroid dienone is 1. The van der Waals surface area contributed by atoms with Crippen molar-refractivity contribution in [1.82, 2.24) is 4.57 Å². The minimum Gasteiger partial charge on any atom is -0.495 e. The van der Waals surface area contributed by atoms with Gasteiger partial charge in [-0.3, -0.25) is 9.36 Å². The van der Waals surface area contributed by atoms with Gasteiger partial charge >= 0.3 is 0 Å². The van der Waals surface area contributed by atoms with E-state index in [2.05, 4.69) is 12.1 Å². The molecule has 30 heavy (non-hydrogen) atoms. The van der Waals surface area contributed by atoms with E-state index in [-0.39, 0.29) is 12.0 Å². The van der Waals surface area contributed by atoms with Gasteiger partial charge in [-0.2, -0.15) is 0 Å². The van der Waals surface area contributed by atoms with Gasteiger partial charge < -0.3 is 9.47 Å². The Morgan fingerprint density at radius 2 is 1.83 bits per heavy atom. The summed E-state index contributed by atoms with van der Waals surface area (Å²) in [5.74, 6) is 2.41. The Morgan fingerprint density at radius 3 is 2.53 bits per heavy atom. The van der Waals surface area contributed by atoms with Crippen LogP contribution < -0.4 is 0 Å². The highest BCUT2D eigenvalue weighted by atomic mass is 32.2. The van der Waals surface area contributed by atoms with Gasteiger partial charge in [0.1, 0.15) is 6.10 Å². The first-order valence-electron chi connectivity index (χ1n) is 10.5. The van der Waals surface area contributed by atoms with Crippen LogP contribution >= 0.6 is 23.5 Å². The van der Waals surface area contributed by atoms with Crippen molar-refractivity contribution in [2.24, 2.45) is 0 Å². The molecule has 1 atom stereocenters. The largest absolute Gasteiger partial charge is 0.495 e. The van der Waals surface area contributed by atoms with Crippen molar-refractivity contribution in [2.45, 2.75) is 50.4 Å². The number of ether oxygens (including phenoxy) is 2. The minimum atomic E-state index is -0.0858. The van der Waals surface area contributed by atoms with E-state index in [1.54, 1.807) is 10.8 Å². The summed E-state index contributed by atoms with van der Waals surface area (Å²) in [5, 5.41) is 0. The maximum Gasteiger partial charge on any atom is 0.258 e.